The molecule has 0 saturated carbocycles. The molecule has 0 amide bonds. The molecule has 2 rings (SSSR count). The first-order valence-electron chi connectivity index (χ1n) is 5.05. The van der Waals surface area contributed by atoms with Gasteiger partial charge < -0.3 is 4.42 Å². The Hall–Kier alpha value is -1.29. The number of hydrogen-bond acceptors (Lipinski definition) is 4. The molecule has 1 aromatic heterocycles. The Bertz CT molecular complexity index is 492. The Morgan fingerprint density at radius 1 is 1.31 bits per heavy atom. The topological polar surface area (TPSA) is 43.1 Å². The van der Waals surface area contributed by atoms with Crippen LogP contribution in [-0.2, 0) is 4.79 Å². The van der Waals surface area contributed by atoms with E-state index in [0.717, 1.165) is 17.3 Å². The van der Waals surface area contributed by atoms with Crippen molar-refractivity contribution in [3.63, 3.8) is 0 Å². The van der Waals surface area contributed by atoms with E-state index < -0.39 is 0 Å². The summed E-state index contributed by atoms with van der Waals surface area (Å²) in [7, 11) is 0. The summed E-state index contributed by atoms with van der Waals surface area (Å²) >= 11 is 1.06. The number of thioether (sulfide) groups is 1. The molecule has 0 aliphatic heterocycles. The predicted octanol–water partition coefficient (Wildman–Crippen LogP) is 3.49. The van der Waals surface area contributed by atoms with Crippen LogP contribution in [0.3, 0.4) is 0 Å². The number of nitrogens with zero attached hydrogens (tertiary/aromatic N) is 1. The van der Waals surface area contributed by atoms with E-state index >= 15 is 0 Å². The summed E-state index contributed by atoms with van der Waals surface area (Å²) in [5.41, 5.74) is 1.11. The van der Waals surface area contributed by atoms with Gasteiger partial charge in [-0.05, 0) is 12.1 Å². The second-order valence-corrected chi connectivity index (χ2v) is 5.51. The van der Waals surface area contributed by atoms with Crippen LogP contribution in [0.25, 0.3) is 11.1 Å². The van der Waals surface area contributed by atoms with Crippen molar-refractivity contribution in [3.8, 4) is 0 Å². The highest BCUT2D eigenvalue weighted by Crippen LogP contribution is 2.30. The zero-order valence-electron chi connectivity index (χ0n) is 9.48. The number of rotatable bonds is 1. The van der Waals surface area contributed by atoms with Gasteiger partial charge in [0.05, 0.1) is 0 Å². The number of carbonyl (C=O) groups excluding carboxylic acids is 1. The van der Waals surface area contributed by atoms with Gasteiger partial charge in [-0.1, -0.05) is 32.9 Å². The van der Waals surface area contributed by atoms with Gasteiger partial charge >= 0.3 is 0 Å². The molecule has 0 radical (unpaired) electrons. The van der Waals surface area contributed by atoms with Crippen molar-refractivity contribution in [2.24, 2.45) is 5.41 Å². The predicted molar refractivity (Wildman–Crippen MR) is 64.3 cm³/mol. The Kier molecular flexibility index (Phi) is 2.76. The van der Waals surface area contributed by atoms with Crippen LogP contribution in [0.1, 0.15) is 20.8 Å². The lowest BCUT2D eigenvalue weighted by atomic mass is 10.00. The van der Waals surface area contributed by atoms with Gasteiger partial charge in [-0.2, -0.15) is 0 Å². The lowest BCUT2D eigenvalue weighted by Crippen LogP contribution is -2.16. The molecule has 0 bridgehead atoms. The maximum atomic E-state index is 11.8. The highest BCUT2D eigenvalue weighted by molar-refractivity contribution is 8.13. The van der Waals surface area contributed by atoms with E-state index in [1.807, 2.05) is 45.0 Å². The van der Waals surface area contributed by atoms with Crippen LogP contribution in [-0.4, -0.2) is 10.1 Å². The Labute approximate surface area is 98.2 Å². The number of oxazole rings is 1. The smallest absolute Gasteiger partial charge is 0.264 e. The van der Waals surface area contributed by atoms with Crippen molar-refractivity contribution in [1.82, 2.24) is 4.98 Å². The highest BCUT2D eigenvalue weighted by Gasteiger charge is 2.24. The lowest BCUT2D eigenvalue weighted by molar-refractivity contribution is -0.117. The highest BCUT2D eigenvalue weighted by atomic mass is 32.2. The van der Waals surface area contributed by atoms with Gasteiger partial charge in [-0.25, -0.2) is 4.98 Å². The molecule has 0 saturated heterocycles. The fourth-order valence-electron chi connectivity index (χ4n) is 1.13. The normalized spacial score (nSPS) is 11.9. The fraction of sp³-hybridized carbons (Fsp3) is 0.333. The molecular formula is C12H13NO2S. The summed E-state index contributed by atoms with van der Waals surface area (Å²) < 4.78 is 5.46. The molecule has 0 N–H and O–H groups in total. The minimum Gasteiger partial charge on any atom is -0.431 e. The molecular weight excluding hydrogens is 222 g/mol. The van der Waals surface area contributed by atoms with Gasteiger partial charge in [0.15, 0.2) is 5.58 Å². The molecule has 0 atom stereocenters. The minimum absolute atomic E-state index is 0.0547. The average Bonchev–Trinajstić information content (AvgIpc) is 2.58. The van der Waals surface area contributed by atoms with Gasteiger partial charge in [-0.3, -0.25) is 4.79 Å². The van der Waals surface area contributed by atoms with Gasteiger partial charge in [0.2, 0.25) is 5.12 Å². The number of para-hydroxylation sites is 2. The van der Waals surface area contributed by atoms with E-state index in [-0.39, 0.29) is 10.5 Å². The molecule has 16 heavy (non-hydrogen) atoms. The molecule has 84 valence electrons. The third kappa shape index (κ3) is 2.27. The Morgan fingerprint density at radius 3 is 2.62 bits per heavy atom. The first kappa shape index (κ1) is 11.2. The summed E-state index contributed by atoms with van der Waals surface area (Å²) in [5.74, 6) is 0. The van der Waals surface area contributed by atoms with E-state index in [4.69, 9.17) is 4.42 Å². The summed E-state index contributed by atoms with van der Waals surface area (Å²) in [4.78, 5) is 16.0. The molecule has 0 aliphatic carbocycles. The molecule has 0 unspecified atom stereocenters. The second-order valence-electron chi connectivity index (χ2n) is 4.59. The van der Waals surface area contributed by atoms with Crippen LogP contribution < -0.4 is 0 Å². The quantitative estimate of drug-likeness (QED) is 0.709. The largest absolute Gasteiger partial charge is 0.431 e. The maximum absolute atomic E-state index is 11.8. The minimum atomic E-state index is -0.384. The van der Waals surface area contributed by atoms with Crippen molar-refractivity contribution in [2.75, 3.05) is 0 Å². The SMILES string of the molecule is CC(C)(C)C(=O)Sc1nc2ccccc2o1. The summed E-state index contributed by atoms with van der Waals surface area (Å²) in [6.45, 7) is 5.64. The van der Waals surface area contributed by atoms with Crippen molar-refractivity contribution in [2.45, 2.75) is 26.0 Å². The van der Waals surface area contributed by atoms with Crippen LogP contribution in [0.5, 0.6) is 0 Å². The molecule has 1 heterocycles. The second kappa shape index (κ2) is 3.94. The molecule has 3 nitrogen and oxygen atoms in total. The summed E-state index contributed by atoms with van der Waals surface area (Å²) in [6, 6.07) is 7.48. The molecule has 4 heteroatoms. The molecule has 0 spiro atoms. The van der Waals surface area contributed by atoms with E-state index in [2.05, 4.69) is 4.98 Å². The Balaban J connectivity index is 2.25. The van der Waals surface area contributed by atoms with Crippen LogP contribution in [0.2, 0.25) is 0 Å². The standard InChI is InChI=1S/C12H13NO2S/c1-12(2,3)10(14)16-11-13-8-6-4-5-7-9(8)15-11/h4-7H,1-3H3. The van der Waals surface area contributed by atoms with E-state index in [1.165, 1.54) is 0 Å². The zero-order valence-corrected chi connectivity index (χ0v) is 10.3. The number of aromatic nitrogens is 1. The van der Waals surface area contributed by atoms with Crippen molar-refractivity contribution in [3.05, 3.63) is 24.3 Å². The maximum Gasteiger partial charge on any atom is 0.264 e. The van der Waals surface area contributed by atoms with E-state index in [0.29, 0.717) is 10.8 Å². The number of fused-ring (bicyclic) bond motifs is 1. The molecule has 0 fully saturated rings. The molecule has 1 aromatic carbocycles. The van der Waals surface area contributed by atoms with Crippen molar-refractivity contribution >= 4 is 28.0 Å². The number of carbonyl (C=O) groups is 1. The molecule has 0 aliphatic rings. The van der Waals surface area contributed by atoms with Crippen LogP contribution in [0.4, 0.5) is 0 Å². The third-order valence-corrected chi connectivity index (χ3v) is 3.21. The monoisotopic (exact) mass is 235 g/mol. The van der Waals surface area contributed by atoms with Gasteiger partial charge in [0.25, 0.3) is 5.22 Å². The average molecular weight is 235 g/mol. The van der Waals surface area contributed by atoms with Crippen molar-refractivity contribution < 1.29 is 9.21 Å². The Morgan fingerprint density at radius 2 is 2.00 bits per heavy atom. The first-order chi connectivity index (χ1) is 7.47. The molecule has 2 aromatic rings. The fourth-order valence-corrected chi connectivity index (χ4v) is 1.87. The third-order valence-electron chi connectivity index (χ3n) is 2.07. The number of hydrogen-bond donors (Lipinski definition) is 0. The van der Waals surface area contributed by atoms with Crippen molar-refractivity contribution in [1.29, 1.82) is 0 Å². The first-order valence-corrected chi connectivity index (χ1v) is 5.86. The van der Waals surface area contributed by atoms with E-state index in [9.17, 15) is 4.79 Å². The van der Waals surface area contributed by atoms with Gasteiger partial charge in [0, 0.05) is 17.2 Å². The van der Waals surface area contributed by atoms with Crippen LogP contribution >= 0.6 is 11.8 Å². The summed E-state index contributed by atoms with van der Waals surface area (Å²) in [6.07, 6.45) is 0. The number of benzene rings is 1. The zero-order chi connectivity index (χ0) is 11.8. The lowest BCUT2D eigenvalue weighted by Gasteiger charge is -2.13. The van der Waals surface area contributed by atoms with Crippen LogP contribution in [0.15, 0.2) is 33.9 Å². The van der Waals surface area contributed by atoms with Crippen LogP contribution in [0, 0.1) is 5.41 Å². The van der Waals surface area contributed by atoms with Gasteiger partial charge in [-0.15, -0.1) is 0 Å². The summed E-state index contributed by atoms with van der Waals surface area (Å²) in [5, 5.41) is 0.472. The van der Waals surface area contributed by atoms with E-state index in [1.54, 1.807) is 0 Å². The van der Waals surface area contributed by atoms with Gasteiger partial charge in [0.1, 0.15) is 5.52 Å².